The van der Waals surface area contributed by atoms with Gasteiger partial charge in [0.2, 0.25) is 5.91 Å². The number of aromatic nitrogens is 2. The van der Waals surface area contributed by atoms with Gasteiger partial charge in [0.15, 0.2) is 6.10 Å². The Morgan fingerprint density at radius 2 is 1.78 bits per heavy atom. The first-order valence-corrected chi connectivity index (χ1v) is 10.5. The molecule has 3 aromatic carbocycles. The van der Waals surface area contributed by atoms with Crippen molar-refractivity contribution in [3.63, 3.8) is 0 Å². The summed E-state index contributed by atoms with van der Waals surface area (Å²) < 4.78 is 7.65. The van der Waals surface area contributed by atoms with Crippen LogP contribution in [0.25, 0.3) is 16.7 Å². The third-order valence-corrected chi connectivity index (χ3v) is 5.52. The summed E-state index contributed by atoms with van der Waals surface area (Å²) in [5.74, 6) is 0.353. The molecule has 0 aliphatic carbocycles. The number of ether oxygens (including phenoxy) is 1. The van der Waals surface area contributed by atoms with Crippen molar-refractivity contribution in [3.05, 3.63) is 79.1 Å². The van der Waals surface area contributed by atoms with Crippen LogP contribution >= 0.6 is 0 Å². The summed E-state index contributed by atoms with van der Waals surface area (Å²) in [6.07, 6.45) is 1.40. The molecule has 0 spiro atoms. The molecule has 1 atom stereocenters. The minimum Gasteiger partial charge on any atom is -0.479 e. The van der Waals surface area contributed by atoms with E-state index >= 15 is 0 Å². The van der Waals surface area contributed by atoms with Crippen molar-refractivity contribution in [1.29, 1.82) is 0 Å². The molecular weight excluding hydrogens is 404 g/mol. The fourth-order valence-corrected chi connectivity index (χ4v) is 3.90. The zero-order valence-corrected chi connectivity index (χ0v) is 17.6. The zero-order chi connectivity index (χ0) is 22.1. The summed E-state index contributed by atoms with van der Waals surface area (Å²) in [7, 11) is 0. The van der Waals surface area contributed by atoms with Gasteiger partial charge in [0.05, 0.1) is 16.7 Å². The van der Waals surface area contributed by atoms with E-state index in [1.54, 1.807) is 18.2 Å². The number of imidazole rings is 1. The number of nitrogens with one attached hydrogen (secondary N) is 1. The molecule has 4 aromatic rings. The van der Waals surface area contributed by atoms with Crippen molar-refractivity contribution < 1.29 is 14.3 Å². The molecule has 1 aliphatic rings. The minimum atomic E-state index is -0.570. The van der Waals surface area contributed by atoms with E-state index in [0.29, 0.717) is 17.1 Å². The number of carbonyl (C=O) groups excluding carboxylic acids is 2. The predicted octanol–water partition coefficient (Wildman–Crippen LogP) is 4.17. The third-order valence-electron chi connectivity index (χ3n) is 5.52. The van der Waals surface area contributed by atoms with Gasteiger partial charge < -0.3 is 15.0 Å². The smallest absolute Gasteiger partial charge is 0.267 e. The van der Waals surface area contributed by atoms with E-state index in [2.05, 4.69) is 10.3 Å². The number of hydrogen-bond acceptors (Lipinski definition) is 4. The summed E-state index contributed by atoms with van der Waals surface area (Å²) in [6, 6.07) is 22.9. The molecule has 1 aromatic heterocycles. The molecular formula is C25H22N4O3. The Balaban J connectivity index is 1.25. The van der Waals surface area contributed by atoms with Crippen molar-refractivity contribution in [2.75, 3.05) is 16.8 Å². The molecule has 7 heteroatoms. The Morgan fingerprint density at radius 1 is 1.03 bits per heavy atom. The van der Waals surface area contributed by atoms with Gasteiger partial charge >= 0.3 is 0 Å². The maximum atomic E-state index is 12.6. The van der Waals surface area contributed by atoms with Gasteiger partial charge in [-0.3, -0.25) is 14.2 Å². The van der Waals surface area contributed by atoms with Gasteiger partial charge in [-0.1, -0.05) is 24.3 Å². The van der Waals surface area contributed by atoms with E-state index in [-0.39, 0.29) is 24.8 Å². The second-order valence-corrected chi connectivity index (χ2v) is 7.67. The summed E-state index contributed by atoms with van der Waals surface area (Å²) in [5, 5.41) is 2.91. The molecule has 7 nitrogen and oxygen atoms in total. The number of para-hydroxylation sites is 4. The second-order valence-electron chi connectivity index (χ2n) is 7.67. The number of hydrogen-bond donors (Lipinski definition) is 1. The molecule has 0 saturated heterocycles. The van der Waals surface area contributed by atoms with Crippen molar-refractivity contribution >= 4 is 34.2 Å². The maximum Gasteiger partial charge on any atom is 0.267 e. The van der Waals surface area contributed by atoms with E-state index in [4.69, 9.17) is 4.74 Å². The number of fused-ring (bicyclic) bond motifs is 2. The first kappa shape index (κ1) is 19.8. The Kier molecular flexibility index (Phi) is 5.07. The summed E-state index contributed by atoms with van der Waals surface area (Å²) in [4.78, 5) is 31.1. The number of benzene rings is 3. The molecule has 0 radical (unpaired) electrons. The second kappa shape index (κ2) is 8.19. The number of rotatable bonds is 5. The summed E-state index contributed by atoms with van der Waals surface area (Å²) in [6.45, 7) is 2.00. The first-order chi connectivity index (χ1) is 15.6. The fraction of sp³-hybridized carbons (Fsp3) is 0.160. The van der Waals surface area contributed by atoms with Gasteiger partial charge in [-0.25, -0.2) is 4.98 Å². The average molecular weight is 426 g/mol. The lowest BCUT2D eigenvalue weighted by molar-refractivity contribution is -0.125. The van der Waals surface area contributed by atoms with Crippen LogP contribution in [0.1, 0.15) is 13.3 Å². The molecule has 0 saturated carbocycles. The van der Waals surface area contributed by atoms with E-state index in [0.717, 1.165) is 16.7 Å². The van der Waals surface area contributed by atoms with Crippen LogP contribution in [0.2, 0.25) is 0 Å². The van der Waals surface area contributed by atoms with Crippen LogP contribution in [0, 0.1) is 0 Å². The van der Waals surface area contributed by atoms with Crippen molar-refractivity contribution in [1.82, 2.24) is 9.55 Å². The average Bonchev–Trinajstić information content (AvgIpc) is 3.24. The standard InChI is InChI=1S/C25H22N4O3/c1-17-25(31)28(22-8-4-5-9-23(22)32-17)15-14-24(30)27-18-10-12-19(13-11-18)29-16-26-20-6-2-3-7-21(20)29/h2-13,16-17H,14-15H2,1H3,(H,27,30). The van der Waals surface area contributed by atoms with Gasteiger partial charge in [0.25, 0.3) is 5.91 Å². The third kappa shape index (κ3) is 3.69. The van der Waals surface area contributed by atoms with Gasteiger partial charge in [0.1, 0.15) is 12.1 Å². The van der Waals surface area contributed by atoms with Gasteiger partial charge in [-0.15, -0.1) is 0 Å². The van der Waals surface area contributed by atoms with Gasteiger partial charge in [0, 0.05) is 24.3 Å². The minimum absolute atomic E-state index is 0.145. The Labute approximate surface area is 185 Å². The van der Waals surface area contributed by atoms with E-state index in [9.17, 15) is 9.59 Å². The highest BCUT2D eigenvalue weighted by atomic mass is 16.5. The van der Waals surface area contributed by atoms with Crippen LogP contribution in [0.4, 0.5) is 11.4 Å². The van der Waals surface area contributed by atoms with Crippen molar-refractivity contribution in [3.8, 4) is 11.4 Å². The van der Waals surface area contributed by atoms with Crippen molar-refractivity contribution in [2.24, 2.45) is 0 Å². The maximum absolute atomic E-state index is 12.6. The molecule has 0 fully saturated rings. The molecule has 1 unspecified atom stereocenters. The largest absolute Gasteiger partial charge is 0.479 e. The topological polar surface area (TPSA) is 76.5 Å². The van der Waals surface area contributed by atoms with Crippen LogP contribution in [0.3, 0.4) is 0 Å². The molecule has 2 heterocycles. The number of amides is 2. The summed E-state index contributed by atoms with van der Waals surface area (Å²) in [5.41, 5.74) is 4.30. The molecule has 32 heavy (non-hydrogen) atoms. The van der Waals surface area contributed by atoms with E-state index in [1.807, 2.05) is 77.4 Å². The number of nitrogens with zero attached hydrogens (tertiary/aromatic N) is 3. The highest BCUT2D eigenvalue weighted by molar-refractivity contribution is 6.00. The first-order valence-electron chi connectivity index (χ1n) is 10.5. The highest BCUT2D eigenvalue weighted by Crippen LogP contribution is 2.33. The summed E-state index contributed by atoms with van der Waals surface area (Å²) >= 11 is 0. The predicted molar refractivity (Wildman–Crippen MR) is 123 cm³/mol. The SMILES string of the molecule is CC1Oc2ccccc2N(CCC(=O)Nc2ccc(-n3cnc4ccccc43)cc2)C1=O. The molecule has 2 amide bonds. The van der Waals surface area contributed by atoms with E-state index < -0.39 is 6.10 Å². The molecule has 1 N–H and O–H groups in total. The van der Waals surface area contributed by atoms with Gasteiger partial charge in [-0.2, -0.15) is 0 Å². The van der Waals surface area contributed by atoms with Crippen LogP contribution in [-0.2, 0) is 9.59 Å². The fourth-order valence-electron chi connectivity index (χ4n) is 3.90. The van der Waals surface area contributed by atoms with E-state index in [1.165, 1.54) is 0 Å². The lowest BCUT2D eigenvalue weighted by atomic mass is 10.1. The molecule has 5 rings (SSSR count). The number of anilines is 2. The quantitative estimate of drug-likeness (QED) is 0.520. The van der Waals surface area contributed by atoms with Gasteiger partial charge in [-0.05, 0) is 55.5 Å². The monoisotopic (exact) mass is 426 g/mol. The highest BCUT2D eigenvalue weighted by Gasteiger charge is 2.31. The van der Waals surface area contributed by atoms with Crippen LogP contribution in [0.5, 0.6) is 5.75 Å². The normalized spacial score (nSPS) is 15.3. The molecule has 0 bridgehead atoms. The molecule has 160 valence electrons. The lowest BCUT2D eigenvalue weighted by Crippen LogP contribution is -2.45. The Hall–Kier alpha value is -4.13. The number of carbonyl (C=O) groups is 2. The van der Waals surface area contributed by atoms with Crippen molar-refractivity contribution in [2.45, 2.75) is 19.4 Å². The lowest BCUT2D eigenvalue weighted by Gasteiger charge is -2.32. The Morgan fingerprint density at radius 3 is 2.62 bits per heavy atom. The van der Waals surface area contributed by atoms with Crippen LogP contribution in [-0.4, -0.2) is 34.0 Å². The zero-order valence-electron chi connectivity index (χ0n) is 17.6. The van der Waals surface area contributed by atoms with Crippen LogP contribution in [0.15, 0.2) is 79.1 Å². The van der Waals surface area contributed by atoms with Crippen LogP contribution < -0.4 is 15.0 Å². The molecule has 1 aliphatic heterocycles. The Bertz CT molecular complexity index is 1300.